The molecule has 4 N–H and O–H groups in total. The van der Waals surface area contributed by atoms with Gasteiger partial charge in [-0.25, -0.2) is 0 Å². The van der Waals surface area contributed by atoms with Crippen molar-refractivity contribution in [1.82, 2.24) is 20.2 Å². The number of piperazine rings is 1. The lowest BCUT2D eigenvalue weighted by atomic mass is 9.98. The fourth-order valence-corrected chi connectivity index (χ4v) is 5.62. The molecule has 5 rings (SSSR count). The van der Waals surface area contributed by atoms with Crippen molar-refractivity contribution in [3.63, 3.8) is 0 Å². The smallest absolute Gasteiger partial charge is 0.319 e. The summed E-state index contributed by atoms with van der Waals surface area (Å²) in [6.45, 7) is 7.21. The van der Waals surface area contributed by atoms with E-state index in [0.717, 1.165) is 53.9 Å². The van der Waals surface area contributed by atoms with Crippen molar-refractivity contribution in [3.8, 4) is 6.01 Å². The summed E-state index contributed by atoms with van der Waals surface area (Å²) in [4.78, 5) is 14.5. The number of fused-ring (bicyclic) bond motifs is 3. The van der Waals surface area contributed by atoms with Crippen LogP contribution in [0.2, 0.25) is 0 Å². The highest BCUT2D eigenvalue weighted by atomic mass is 16.5. The lowest BCUT2D eigenvalue weighted by Gasteiger charge is -2.34. The number of hydrogen-bond donors (Lipinski definition) is 3. The third-order valence-corrected chi connectivity index (χ3v) is 7.31. The molecule has 3 saturated heterocycles. The van der Waals surface area contributed by atoms with Crippen LogP contribution in [0.15, 0.2) is 23.9 Å². The number of ether oxygens (including phenoxy) is 1. The minimum absolute atomic E-state index is 0.407. The van der Waals surface area contributed by atoms with Crippen LogP contribution in [0.5, 0.6) is 6.01 Å². The number of nitrogens with one attached hydrogen (secondary N) is 2. The molecule has 2 bridgehead atoms. The number of allylic oxidation sites excluding steroid dienone is 2. The molecule has 3 unspecified atom stereocenters. The maximum absolute atomic E-state index is 8.19. The Labute approximate surface area is 195 Å². The zero-order valence-corrected chi connectivity index (χ0v) is 19.9. The Morgan fingerprint density at radius 1 is 1.18 bits per heavy atom. The van der Waals surface area contributed by atoms with Gasteiger partial charge in [0.1, 0.15) is 12.4 Å². The van der Waals surface area contributed by atoms with Crippen molar-refractivity contribution in [2.24, 2.45) is 5.73 Å². The van der Waals surface area contributed by atoms with Gasteiger partial charge in [0.25, 0.3) is 0 Å². The zero-order chi connectivity index (χ0) is 23.1. The standard InChI is InChI=1S/C25H35N7O/c1-15(26)23(16(2)27)17-6-9-21-22(11-17)29-25(33-14-20-5-4-10-31(20)3)30-24(21)32-12-18-7-8-19(13-32)28-18/h6,9,11,18-20,26,28H,4-5,7-8,10,12-14,27H2,1-3H3/b23-16+,26-15?. The third-order valence-electron chi connectivity index (χ3n) is 7.31. The molecule has 176 valence electrons. The number of likely N-dealkylation sites (N-methyl/N-ethyl adjacent to an activating group) is 1. The van der Waals surface area contributed by atoms with Gasteiger partial charge < -0.3 is 31.0 Å². The summed E-state index contributed by atoms with van der Waals surface area (Å²) in [6.07, 6.45) is 4.78. The summed E-state index contributed by atoms with van der Waals surface area (Å²) in [5.74, 6) is 0.946. The van der Waals surface area contributed by atoms with E-state index in [1.54, 1.807) is 6.92 Å². The summed E-state index contributed by atoms with van der Waals surface area (Å²) >= 11 is 0. The van der Waals surface area contributed by atoms with Crippen LogP contribution in [0.4, 0.5) is 5.82 Å². The summed E-state index contributed by atoms with van der Waals surface area (Å²) in [6, 6.07) is 7.99. The predicted octanol–water partition coefficient (Wildman–Crippen LogP) is 2.77. The van der Waals surface area contributed by atoms with Gasteiger partial charge in [0, 0.05) is 53.6 Å². The van der Waals surface area contributed by atoms with Crippen molar-refractivity contribution in [1.29, 1.82) is 5.41 Å². The first-order valence-corrected chi connectivity index (χ1v) is 12.1. The lowest BCUT2D eigenvalue weighted by molar-refractivity contribution is 0.188. The van der Waals surface area contributed by atoms with E-state index in [-0.39, 0.29) is 0 Å². The van der Waals surface area contributed by atoms with Crippen LogP contribution >= 0.6 is 0 Å². The summed E-state index contributed by atoms with van der Waals surface area (Å²) in [7, 11) is 2.15. The van der Waals surface area contributed by atoms with Gasteiger partial charge in [0.05, 0.1) is 5.52 Å². The number of aromatic nitrogens is 2. The van der Waals surface area contributed by atoms with Gasteiger partial charge in [-0.3, -0.25) is 0 Å². The molecule has 3 aliphatic heterocycles. The Morgan fingerprint density at radius 2 is 1.94 bits per heavy atom. The Kier molecular flexibility index (Phi) is 5.97. The quantitative estimate of drug-likeness (QED) is 0.583. The Morgan fingerprint density at radius 3 is 2.58 bits per heavy atom. The van der Waals surface area contributed by atoms with Gasteiger partial charge in [-0.15, -0.1) is 0 Å². The molecule has 3 aliphatic rings. The summed E-state index contributed by atoms with van der Waals surface area (Å²) in [5.41, 5.74) is 9.69. The number of anilines is 1. The van der Waals surface area contributed by atoms with E-state index in [9.17, 15) is 0 Å². The monoisotopic (exact) mass is 449 g/mol. The molecule has 1 aromatic carbocycles. The van der Waals surface area contributed by atoms with Crippen LogP contribution in [0.1, 0.15) is 45.1 Å². The number of nitrogens with two attached hydrogens (primary N) is 1. The second-order valence-electron chi connectivity index (χ2n) is 9.88. The summed E-state index contributed by atoms with van der Waals surface area (Å²) in [5, 5.41) is 12.9. The van der Waals surface area contributed by atoms with Gasteiger partial charge in [-0.05, 0) is 70.8 Å². The van der Waals surface area contributed by atoms with E-state index in [4.69, 9.17) is 25.8 Å². The number of rotatable bonds is 6. The second-order valence-corrected chi connectivity index (χ2v) is 9.88. The van der Waals surface area contributed by atoms with Crippen LogP contribution in [0.25, 0.3) is 16.5 Å². The first-order valence-electron chi connectivity index (χ1n) is 12.1. The van der Waals surface area contributed by atoms with Crippen LogP contribution < -0.4 is 20.7 Å². The molecule has 4 heterocycles. The molecule has 2 aromatic rings. The average molecular weight is 450 g/mol. The Bertz CT molecular complexity index is 1080. The van der Waals surface area contributed by atoms with Crippen LogP contribution in [-0.2, 0) is 0 Å². The molecule has 8 nitrogen and oxygen atoms in total. The van der Waals surface area contributed by atoms with Gasteiger partial charge in [-0.2, -0.15) is 9.97 Å². The number of benzene rings is 1. The molecule has 0 saturated carbocycles. The number of nitrogens with zero attached hydrogens (tertiary/aromatic N) is 4. The van der Waals surface area contributed by atoms with E-state index in [1.165, 1.54) is 19.3 Å². The maximum Gasteiger partial charge on any atom is 0.319 e. The van der Waals surface area contributed by atoms with Crippen molar-refractivity contribution >= 4 is 28.0 Å². The molecular weight excluding hydrogens is 414 g/mol. The molecule has 33 heavy (non-hydrogen) atoms. The van der Waals surface area contributed by atoms with Crippen LogP contribution in [0.3, 0.4) is 0 Å². The van der Waals surface area contributed by atoms with Crippen LogP contribution in [0, 0.1) is 5.41 Å². The highest BCUT2D eigenvalue weighted by Crippen LogP contribution is 2.33. The van der Waals surface area contributed by atoms with Gasteiger partial charge in [0.2, 0.25) is 0 Å². The minimum Gasteiger partial charge on any atom is -0.462 e. The molecule has 0 amide bonds. The molecule has 8 heteroatoms. The fourth-order valence-electron chi connectivity index (χ4n) is 5.62. The van der Waals surface area contributed by atoms with Crippen molar-refractivity contribution in [2.45, 2.75) is 57.7 Å². The molecule has 1 aromatic heterocycles. The van der Waals surface area contributed by atoms with Crippen LogP contribution in [-0.4, -0.2) is 72.0 Å². The summed E-state index contributed by atoms with van der Waals surface area (Å²) < 4.78 is 6.18. The van der Waals surface area contributed by atoms with Crippen molar-refractivity contribution in [2.75, 3.05) is 38.2 Å². The van der Waals surface area contributed by atoms with Gasteiger partial charge in [-0.1, -0.05) is 6.07 Å². The Balaban J connectivity index is 1.54. The Hall–Kier alpha value is -2.71. The third kappa shape index (κ3) is 4.42. The maximum atomic E-state index is 8.19. The first-order chi connectivity index (χ1) is 15.9. The highest BCUT2D eigenvalue weighted by Gasteiger charge is 2.34. The van der Waals surface area contributed by atoms with E-state index < -0.39 is 0 Å². The van der Waals surface area contributed by atoms with E-state index in [2.05, 4.69) is 28.2 Å². The molecule has 0 aliphatic carbocycles. The second kappa shape index (κ2) is 8.91. The van der Waals surface area contributed by atoms with Gasteiger partial charge >= 0.3 is 6.01 Å². The van der Waals surface area contributed by atoms with E-state index >= 15 is 0 Å². The van der Waals surface area contributed by atoms with Crippen molar-refractivity contribution < 1.29 is 4.74 Å². The number of hydrogen-bond acceptors (Lipinski definition) is 8. The zero-order valence-electron chi connectivity index (χ0n) is 19.9. The SMILES string of the molecule is CC(=N)/C(=C(/C)N)c1ccc2c(N3CC4CCC(C3)N4)nc(OCC3CCCN3C)nc2c1. The topological polar surface area (TPSA) is 103 Å². The van der Waals surface area contributed by atoms with Crippen molar-refractivity contribution in [3.05, 3.63) is 29.5 Å². The number of likely N-dealkylation sites (tertiary alicyclic amines) is 1. The minimum atomic E-state index is 0.407. The molecule has 3 fully saturated rings. The average Bonchev–Trinajstić information content (AvgIpc) is 3.34. The normalized spacial score (nSPS) is 26.0. The van der Waals surface area contributed by atoms with Gasteiger partial charge in [0.15, 0.2) is 0 Å². The lowest BCUT2D eigenvalue weighted by Crippen LogP contribution is -2.51. The molecule has 0 radical (unpaired) electrons. The van der Waals surface area contributed by atoms with E-state index in [0.29, 0.717) is 42.2 Å². The van der Waals surface area contributed by atoms with E-state index in [1.807, 2.05) is 19.1 Å². The molecule has 3 atom stereocenters. The predicted molar refractivity (Wildman–Crippen MR) is 133 cm³/mol. The largest absolute Gasteiger partial charge is 0.462 e. The fraction of sp³-hybridized carbons (Fsp3) is 0.560. The highest BCUT2D eigenvalue weighted by molar-refractivity contribution is 6.22. The molecular formula is C25H35N7O. The molecule has 0 spiro atoms. The first kappa shape index (κ1) is 22.1.